The van der Waals surface area contributed by atoms with Gasteiger partial charge >= 0.3 is 6.16 Å². The van der Waals surface area contributed by atoms with Crippen molar-refractivity contribution in [2.75, 3.05) is 13.2 Å². The summed E-state index contributed by atoms with van der Waals surface area (Å²) in [6, 6.07) is 0. The molecule has 0 radical (unpaired) electrons. The summed E-state index contributed by atoms with van der Waals surface area (Å²) in [6.07, 6.45) is -1.18. The van der Waals surface area contributed by atoms with Crippen molar-refractivity contribution in [3.05, 3.63) is 0 Å². The Hall–Kier alpha value is -0.850. The lowest BCUT2D eigenvalue weighted by molar-refractivity contribution is -0.0798. The predicted octanol–water partition coefficient (Wildman–Crippen LogP) is -0.577. The fourth-order valence-corrected chi connectivity index (χ4v) is 1.89. The Bertz CT molecular complexity index is 243. The molecule has 0 saturated carbocycles. The number of aliphatic hydroxyl groups excluding tert-OH is 2. The van der Waals surface area contributed by atoms with Crippen molar-refractivity contribution in [3.8, 4) is 0 Å². The highest BCUT2D eigenvalue weighted by molar-refractivity contribution is 5.61. The summed E-state index contributed by atoms with van der Waals surface area (Å²) in [6.45, 7) is -0.121. The van der Waals surface area contributed by atoms with E-state index in [4.69, 9.17) is 14.6 Å². The predicted molar refractivity (Wildman–Crippen MR) is 47.2 cm³/mol. The highest BCUT2D eigenvalue weighted by Crippen LogP contribution is 2.27. The van der Waals surface area contributed by atoms with E-state index >= 15 is 0 Å². The fourth-order valence-electron chi connectivity index (χ4n) is 1.89. The van der Waals surface area contributed by atoms with Crippen molar-refractivity contribution in [1.82, 2.24) is 0 Å². The second-order valence-electron chi connectivity index (χ2n) is 3.76. The van der Waals surface area contributed by atoms with Gasteiger partial charge in [-0.2, -0.15) is 0 Å². The lowest BCUT2D eigenvalue weighted by Gasteiger charge is -2.19. The van der Waals surface area contributed by atoms with Gasteiger partial charge in [-0.1, -0.05) is 0 Å². The van der Waals surface area contributed by atoms with Crippen molar-refractivity contribution in [3.63, 3.8) is 0 Å². The standard InChI is InChI=1S/C9H14O6/c10-3-5(11)6-1-2-7(14-6)8-4-13-9(12)15-8/h5-8,10-11H,1-4H2/t5-,6-,7-,8+/m1/s1. The maximum atomic E-state index is 10.7. The smallest absolute Gasteiger partial charge is 0.430 e. The summed E-state index contributed by atoms with van der Waals surface area (Å²) in [5, 5.41) is 18.1. The average molecular weight is 218 g/mol. The molecular formula is C9H14O6. The second-order valence-corrected chi connectivity index (χ2v) is 3.76. The van der Waals surface area contributed by atoms with E-state index in [-0.39, 0.29) is 31.5 Å². The minimum Gasteiger partial charge on any atom is -0.430 e. The van der Waals surface area contributed by atoms with Crippen LogP contribution in [0.5, 0.6) is 0 Å². The Morgan fingerprint density at radius 2 is 2.20 bits per heavy atom. The molecule has 0 aromatic heterocycles. The summed E-state index contributed by atoms with van der Waals surface area (Å²) >= 11 is 0. The molecule has 0 unspecified atom stereocenters. The van der Waals surface area contributed by atoms with Crippen molar-refractivity contribution in [2.45, 2.75) is 37.3 Å². The summed E-state index contributed by atoms with van der Waals surface area (Å²) in [5.74, 6) is 0. The monoisotopic (exact) mass is 218 g/mol. The van der Waals surface area contributed by atoms with Crippen molar-refractivity contribution in [2.24, 2.45) is 0 Å². The van der Waals surface area contributed by atoms with Gasteiger partial charge in [0.1, 0.15) is 12.7 Å². The molecule has 2 N–H and O–H groups in total. The van der Waals surface area contributed by atoms with Gasteiger partial charge in [0.15, 0.2) is 6.10 Å². The molecule has 2 fully saturated rings. The van der Waals surface area contributed by atoms with Gasteiger partial charge in [0.2, 0.25) is 0 Å². The van der Waals surface area contributed by atoms with Gasteiger partial charge in [0.25, 0.3) is 0 Å². The van der Waals surface area contributed by atoms with Gasteiger partial charge in [-0.3, -0.25) is 0 Å². The van der Waals surface area contributed by atoms with Crippen LogP contribution in [-0.4, -0.2) is 54.0 Å². The molecule has 0 amide bonds. The molecule has 0 bridgehead atoms. The molecule has 4 atom stereocenters. The van der Waals surface area contributed by atoms with Crippen LogP contribution in [0.1, 0.15) is 12.8 Å². The van der Waals surface area contributed by atoms with Crippen LogP contribution in [0, 0.1) is 0 Å². The normalized spacial score (nSPS) is 37.5. The molecule has 6 heteroatoms. The zero-order valence-corrected chi connectivity index (χ0v) is 8.17. The average Bonchev–Trinajstić information content (AvgIpc) is 2.84. The minimum atomic E-state index is -0.868. The molecule has 2 saturated heterocycles. The molecule has 0 spiro atoms. The Balaban J connectivity index is 1.84. The second kappa shape index (κ2) is 4.34. The van der Waals surface area contributed by atoms with E-state index in [2.05, 4.69) is 4.74 Å². The lowest BCUT2D eigenvalue weighted by Crippen LogP contribution is -2.33. The Kier molecular flexibility index (Phi) is 3.08. The first-order valence-electron chi connectivity index (χ1n) is 4.98. The third-order valence-corrected chi connectivity index (χ3v) is 2.73. The highest BCUT2D eigenvalue weighted by Gasteiger charge is 2.40. The highest BCUT2D eigenvalue weighted by atomic mass is 16.8. The molecule has 6 nitrogen and oxygen atoms in total. The van der Waals surface area contributed by atoms with Gasteiger partial charge in [-0.15, -0.1) is 0 Å². The topological polar surface area (TPSA) is 85.2 Å². The number of carbonyl (C=O) groups is 1. The van der Waals surface area contributed by atoms with Crippen LogP contribution in [0.3, 0.4) is 0 Å². The molecule has 2 aliphatic rings. The molecule has 86 valence electrons. The van der Waals surface area contributed by atoms with E-state index in [9.17, 15) is 9.90 Å². The van der Waals surface area contributed by atoms with E-state index in [1.807, 2.05) is 0 Å². The number of aliphatic hydroxyl groups is 2. The number of cyclic esters (lactones) is 2. The Labute approximate surface area is 86.7 Å². The largest absolute Gasteiger partial charge is 0.508 e. The summed E-state index contributed by atoms with van der Waals surface area (Å²) in [5.41, 5.74) is 0. The molecule has 2 rings (SSSR count). The Morgan fingerprint density at radius 3 is 2.80 bits per heavy atom. The summed E-state index contributed by atoms with van der Waals surface area (Å²) in [4.78, 5) is 10.7. The van der Waals surface area contributed by atoms with Crippen LogP contribution >= 0.6 is 0 Å². The zero-order valence-electron chi connectivity index (χ0n) is 8.17. The SMILES string of the molecule is O=C1OC[C@@H]([C@H]2CC[C@H]([C@H](O)CO)O2)O1. The number of carbonyl (C=O) groups excluding carboxylic acids is 1. The Morgan fingerprint density at radius 1 is 1.40 bits per heavy atom. The van der Waals surface area contributed by atoms with Crippen LogP contribution in [0.25, 0.3) is 0 Å². The third-order valence-electron chi connectivity index (χ3n) is 2.73. The van der Waals surface area contributed by atoms with E-state index in [0.29, 0.717) is 12.8 Å². The van der Waals surface area contributed by atoms with Crippen molar-refractivity contribution >= 4 is 6.16 Å². The van der Waals surface area contributed by atoms with Crippen molar-refractivity contribution < 1.29 is 29.2 Å². The molecular weight excluding hydrogens is 204 g/mol. The number of hydrogen-bond donors (Lipinski definition) is 2. The van der Waals surface area contributed by atoms with Crippen LogP contribution < -0.4 is 0 Å². The first-order valence-corrected chi connectivity index (χ1v) is 4.98. The molecule has 0 aromatic rings. The minimum absolute atomic E-state index is 0.200. The first-order chi connectivity index (χ1) is 7.20. The van der Waals surface area contributed by atoms with E-state index < -0.39 is 12.3 Å². The van der Waals surface area contributed by atoms with Crippen molar-refractivity contribution in [1.29, 1.82) is 0 Å². The van der Waals surface area contributed by atoms with Crippen LogP contribution in [-0.2, 0) is 14.2 Å². The quantitative estimate of drug-likeness (QED) is 0.616. The van der Waals surface area contributed by atoms with Gasteiger partial charge < -0.3 is 24.4 Å². The number of rotatable bonds is 3. The molecule has 2 heterocycles. The molecule has 0 aromatic carbocycles. The zero-order chi connectivity index (χ0) is 10.8. The number of ether oxygens (including phenoxy) is 3. The van der Waals surface area contributed by atoms with E-state index in [1.165, 1.54) is 0 Å². The van der Waals surface area contributed by atoms with Crippen LogP contribution in [0.15, 0.2) is 0 Å². The van der Waals surface area contributed by atoms with Crippen LogP contribution in [0.2, 0.25) is 0 Å². The van der Waals surface area contributed by atoms with Crippen LogP contribution in [0.4, 0.5) is 4.79 Å². The maximum absolute atomic E-state index is 10.7. The maximum Gasteiger partial charge on any atom is 0.508 e. The van der Waals surface area contributed by atoms with E-state index in [1.54, 1.807) is 0 Å². The fraction of sp³-hybridized carbons (Fsp3) is 0.889. The molecule has 0 aliphatic carbocycles. The number of hydrogen-bond acceptors (Lipinski definition) is 6. The van der Waals surface area contributed by atoms with Gasteiger partial charge in [-0.05, 0) is 12.8 Å². The third kappa shape index (κ3) is 2.22. The summed E-state index contributed by atoms with van der Waals surface area (Å²) < 4.78 is 15.0. The van der Waals surface area contributed by atoms with Gasteiger partial charge in [-0.25, -0.2) is 4.79 Å². The molecule has 15 heavy (non-hydrogen) atoms. The van der Waals surface area contributed by atoms with Gasteiger partial charge in [0, 0.05) is 0 Å². The lowest BCUT2D eigenvalue weighted by atomic mass is 10.1. The van der Waals surface area contributed by atoms with E-state index in [0.717, 1.165) is 0 Å². The first kappa shape index (κ1) is 10.7. The van der Waals surface area contributed by atoms with Gasteiger partial charge in [0.05, 0.1) is 18.8 Å². The summed E-state index contributed by atoms with van der Waals surface area (Å²) in [7, 11) is 0. The molecule has 2 aliphatic heterocycles.